The average Bonchev–Trinajstić information content (AvgIpc) is 1.85. The van der Waals surface area contributed by atoms with Crippen molar-refractivity contribution in [3.8, 4) is 6.07 Å². The molecule has 0 rings (SSSR count). The van der Waals surface area contributed by atoms with Crippen LogP contribution in [0.15, 0.2) is 0 Å². The van der Waals surface area contributed by atoms with E-state index in [-0.39, 0.29) is 18.2 Å². The van der Waals surface area contributed by atoms with Crippen LogP contribution in [0.25, 0.3) is 0 Å². The topological polar surface area (TPSA) is 56.0 Å². The van der Waals surface area contributed by atoms with Crippen molar-refractivity contribution in [1.82, 2.24) is 5.32 Å². The number of rotatable bonds is 4. The Bertz CT molecular complexity index is 140. The molecule has 0 aliphatic carbocycles. The Balaban J connectivity index is 3.53. The van der Waals surface area contributed by atoms with Crippen molar-refractivity contribution in [1.29, 1.82) is 5.26 Å². The zero-order valence-corrected chi connectivity index (χ0v) is 7.33. The smallest absolute Gasteiger partial charge is 0.0926 e. The monoisotopic (exact) mass is 156 g/mol. The highest BCUT2D eigenvalue weighted by atomic mass is 16.3. The summed E-state index contributed by atoms with van der Waals surface area (Å²) in [6.45, 7) is 5.51. The fourth-order valence-electron chi connectivity index (χ4n) is 1.04. The molecule has 0 aromatic carbocycles. The summed E-state index contributed by atoms with van der Waals surface area (Å²) < 4.78 is 0. The molecule has 0 saturated heterocycles. The first-order chi connectivity index (χ1) is 5.06. The van der Waals surface area contributed by atoms with Crippen molar-refractivity contribution >= 4 is 0 Å². The van der Waals surface area contributed by atoms with Gasteiger partial charge in [-0.05, 0) is 27.2 Å². The van der Waals surface area contributed by atoms with Gasteiger partial charge in [0.1, 0.15) is 0 Å². The van der Waals surface area contributed by atoms with Crippen LogP contribution in [0.4, 0.5) is 0 Å². The Labute approximate surface area is 68.0 Å². The van der Waals surface area contributed by atoms with Crippen LogP contribution in [0, 0.1) is 11.3 Å². The molecular formula is C8H16N2O. The molecular weight excluding hydrogens is 140 g/mol. The lowest BCUT2D eigenvalue weighted by molar-refractivity contribution is 0.170. The first-order valence-electron chi connectivity index (χ1n) is 3.90. The molecule has 0 spiro atoms. The number of nitriles is 1. The summed E-state index contributed by atoms with van der Waals surface area (Å²) in [5.74, 6) is 0. The van der Waals surface area contributed by atoms with Crippen molar-refractivity contribution in [3.63, 3.8) is 0 Å². The van der Waals surface area contributed by atoms with E-state index in [1.807, 2.05) is 6.92 Å². The van der Waals surface area contributed by atoms with E-state index < -0.39 is 0 Å². The summed E-state index contributed by atoms with van der Waals surface area (Å²) in [5.41, 5.74) is 0. The van der Waals surface area contributed by atoms with Gasteiger partial charge >= 0.3 is 0 Å². The van der Waals surface area contributed by atoms with Gasteiger partial charge in [-0.1, -0.05) is 0 Å². The Morgan fingerprint density at radius 2 is 2.00 bits per heavy atom. The molecule has 3 atom stereocenters. The minimum atomic E-state index is -0.302. The SMILES string of the molecule is CC(O)CC(C)NC(C)C#N. The lowest BCUT2D eigenvalue weighted by Gasteiger charge is -2.16. The predicted octanol–water partition coefficient (Wildman–Crippen LogP) is 0.647. The maximum Gasteiger partial charge on any atom is 0.0926 e. The second-order valence-corrected chi connectivity index (χ2v) is 3.00. The van der Waals surface area contributed by atoms with Gasteiger partial charge in [-0.2, -0.15) is 5.26 Å². The Kier molecular flexibility index (Phi) is 4.84. The van der Waals surface area contributed by atoms with Crippen LogP contribution in [-0.2, 0) is 0 Å². The van der Waals surface area contributed by atoms with Gasteiger partial charge in [-0.15, -0.1) is 0 Å². The minimum absolute atomic E-state index is 0.135. The molecule has 0 heterocycles. The van der Waals surface area contributed by atoms with Crippen molar-refractivity contribution < 1.29 is 5.11 Å². The highest BCUT2D eigenvalue weighted by Crippen LogP contribution is 1.97. The molecule has 0 aromatic rings. The van der Waals surface area contributed by atoms with Crippen LogP contribution in [-0.4, -0.2) is 23.3 Å². The number of hydrogen-bond acceptors (Lipinski definition) is 3. The molecule has 0 aliphatic heterocycles. The first kappa shape index (κ1) is 10.4. The average molecular weight is 156 g/mol. The minimum Gasteiger partial charge on any atom is -0.393 e. The van der Waals surface area contributed by atoms with E-state index in [1.54, 1.807) is 13.8 Å². The zero-order valence-electron chi connectivity index (χ0n) is 7.33. The van der Waals surface area contributed by atoms with Crippen molar-refractivity contribution in [2.75, 3.05) is 0 Å². The van der Waals surface area contributed by atoms with E-state index in [0.29, 0.717) is 6.42 Å². The maximum absolute atomic E-state index is 8.99. The number of nitrogens with zero attached hydrogens (tertiary/aromatic N) is 1. The molecule has 0 amide bonds. The molecule has 0 aliphatic rings. The number of hydrogen-bond donors (Lipinski definition) is 2. The molecule has 0 fully saturated rings. The Morgan fingerprint density at radius 3 is 2.36 bits per heavy atom. The summed E-state index contributed by atoms with van der Waals surface area (Å²) in [6.07, 6.45) is 0.384. The number of aliphatic hydroxyl groups excluding tert-OH is 1. The van der Waals surface area contributed by atoms with Crippen molar-refractivity contribution in [2.45, 2.75) is 45.4 Å². The zero-order chi connectivity index (χ0) is 8.85. The molecule has 0 radical (unpaired) electrons. The largest absolute Gasteiger partial charge is 0.393 e. The molecule has 0 bridgehead atoms. The Hall–Kier alpha value is -0.590. The fourth-order valence-corrected chi connectivity index (χ4v) is 1.04. The van der Waals surface area contributed by atoms with E-state index in [4.69, 9.17) is 10.4 Å². The summed E-state index contributed by atoms with van der Waals surface area (Å²) in [4.78, 5) is 0. The molecule has 64 valence electrons. The van der Waals surface area contributed by atoms with Crippen LogP contribution in [0.5, 0.6) is 0 Å². The van der Waals surface area contributed by atoms with Crippen LogP contribution >= 0.6 is 0 Å². The summed E-state index contributed by atoms with van der Waals surface area (Å²) in [5, 5.41) is 20.5. The van der Waals surface area contributed by atoms with E-state index >= 15 is 0 Å². The standard InChI is InChI=1S/C8H16N2O/c1-6(4-8(3)11)10-7(2)5-9/h6-8,10-11H,4H2,1-3H3. The van der Waals surface area contributed by atoms with Crippen LogP contribution in [0.1, 0.15) is 27.2 Å². The predicted molar refractivity (Wildman–Crippen MR) is 44.0 cm³/mol. The molecule has 11 heavy (non-hydrogen) atoms. The van der Waals surface area contributed by atoms with Gasteiger partial charge in [0, 0.05) is 6.04 Å². The molecule has 3 heteroatoms. The van der Waals surface area contributed by atoms with Gasteiger partial charge in [0.2, 0.25) is 0 Å². The van der Waals surface area contributed by atoms with Gasteiger partial charge in [0.05, 0.1) is 18.2 Å². The molecule has 0 aromatic heterocycles. The summed E-state index contributed by atoms with van der Waals surface area (Å²) >= 11 is 0. The molecule has 3 nitrogen and oxygen atoms in total. The number of nitrogens with one attached hydrogen (secondary N) is 1. The van der Waals surface area contributed by atoms with Gasteiger partial charge < -0.3 is 5.11 Å². The second kappa shape index (κ2) is 5.11. The third-order valence-electron chi connectivity index (χ3n) is 1.42. The molecule has 0 saturated carbocycles. The fraction of sp³-hybridized carbons (Fsp3) is 0.875. The normalized spacial score (nSPS) is 18.5. The van der Waals surface area contributed by atoms with Crippen LogP contribution in [0.3, 0.4) is 0 Å². The van der Waals surface area contributed by atoms with Gasteiger partial charge in [0.15, 0.2) is 0 Å². The highest BCUT2D eigenvalue weighted by molar-refractivity contribution is 4.87. The second-order valence-electron chi connectivity index (χ2n) is 3.00. The van der Waals surface area contributed by atoms with E-state index in [1.165, 1.54) is 0 Å². The third kappa shape index (κ3) is 5.84. The lowest BCUT2D eigenvalue weighted by atomic mass is 10.1. The van der Waals surface area contributed by atoms with Gasteiger partial charge in [-0.25, -0.2) is 0 Å². The summed E-state index contributed by atoms with van der Waals surface area (Å²) in [7, 11) is 0. The lowest BCUT2D eigenvalue weighted by Crippen LogP contribution is -2.35. The highest BCUT2D eigenvalue weighted by Gasteiger charge is 2.07. The van der Waals surface area contributed by atoms with Gasteiger partial charge in [0.25, 0.3) is 0 Å². The number of aliphatic hydroxyl groups is 1. The Morgan fingerprint density at radius 1 is 1.45 bits per heavy atom. The van der Waals surface area contributed by atoms with Crippen LogP contribution < -0.4 is 5.32 Å². The molecule has 3 unspecified atom stereocenters. The van der Waals surface area contributed by atoms with Gasteiger partial charge in [-0.3, -0.25) is 5.32 Å². The van der Waals surface area contributed by atoms with E-state index in [0.717, 1.165) is 0 Å². The molecule has 2 N–H and O–H groups in total. The third-order valence-corrected chi connectivity index (χ3v) is 1.42. The summed E-state index contributed by atoms with van der Waals surface area (Å²) in [6, 6.07) is 2.14. The van der Waals surface area contributed by atoms with Crippen molar-refractivity contribution in [2.24, 2.45) is 0 Å². The quantitative estimate of drug-likeness (QED) is 0.628. The van der Waals surface area contributed by atoms with E-state index in [2.05, 4.69) is 11.4 Å². The first-order valence-corrected chi connectivity index (χ1v) is 3.90. The van der Waals surface area contributed by atoms with E-state index in [9.17, 15) is 0 Å². The van der Waals surface area contributed by atoms with Crippen LogP contribution in [0.2, 0.25) is 0 Å². The van der Waals surface area contributed by atoms with Crippen molar-refractivity contribution in [3.05, 3.63) is 0 Å². The maximum atomic E-state index is 8.99.